The number of unbranched alkanes of at least 4 members (excludes halogenated alkanes) is 2. The van der Waals surface area contributed by atoms with Crippen LogP contribution in [0.3, 0.4) is 0 Å². The fourth-order valence-corrected chi connectivity index (χ4v) is 3.08. The quantitative estimate of drug-likeness (QED) is 0.510. The molecule has 2 atom stereocenters. The van der Waals surface area contributed by atoms with Crippen LogP contribution in [0, 0.1) is 11.8 Å². The predicted octanol–water partition coefficient (Wildman–Crippen LogP) is 2.86. The molecular formula is C20H26BNO3. The second-order valence-electron chi connectivity index (χ2n) is 6.90. The van der Waals surface area contributed by atoms with Crippen LogP contribution in [0.25, 0.3) is 0 Å². The zero-order valence-electron chi connectivity index (χ0n) is 15.3. The summed E-state index contributed by atoms with van der Waals surface area (Å²) >= 11 is 0. The maximum Gasteiger partial charge on any atom is 0.200 e. The Morgan fingerprint density at radius 2 is 2.08 bits per heavy atom. The van der Waals surface area contributed by atoms with Gasteiger partial charge in [0.05, 0.1) is 12.6 Å². The average molecular weight is 339 g/mol. The number of aryl methyl sites for hydroxylation is 1. The van der Waals surface area contributed by atoms with Gasteiger partial charge < -0.3 is 14.7 Å². The summed E-state index contributed by atoms with van der Waals surface area (Å²) in [6.07, 6.45) is 3.71. The summed E-state index contributed by atoms with van der Waals surface area (Å²) in [6, 6.07) is 7.50. The molecule has 0 saturated carbocycles. The van der Waals surface area contributed by atoms with Crippen LogP contribution in [0.5, 0.6) is 0 Å². The molecule has 1 fully saturated rings. The first-order valence-electron chi connectivity index (χ1n) is 8.86. The van der Waals surface area contributed by atoms with Crippen LogP contribution in [-0.2, 0) is 11.2 Å². The van der Waals surface area contributed by atoms with Crippen molar-refractivity contribution in [2.24, 2.45) is 0 Å². The van der Waals surface area contributed by atoms with Crippen LogP contribution in [0.15, 0.2) is 24.3 Å². The van der Waals surface area contributed by atoms with E-state index in [-0.39, 0.29) is 6.61 Å². The van der Waals surface area contributed by atoms with Crippen molar-refractivity contribution in [3.63, 3.8) is 0 Å². The highest BCUT2D eigenvalue weighted by molar-refractivity contribution is 6.57. The zero-order valence-corrected chi connectivity index (χ0v) is 15.3. The van der Waals surface area contributed by atoms with E-state index in [9.17, 15) is 9.90 Å². The minimum absolute atomic E-state index is 0.210. The summed E-state index contributed by atoms with van der Waals surface area (Å²) in [4.78, 5) is 13.0. The highest BCUT2D eigenvalue weighted by atomic mass is 16.5. The van der Waals surface area contributed by atoms with Crippen LogP contribution >= 0.6 is 0 Å². The topological polar surface area (TPSA) is 49.8 Å². The Bertz CT molecular complexity index is 645. The monoisotopic (exact) mass is 339 g/mol. The fourth-order valence-electron chi connectivity index (χ4n) is 3.08. The van der Waals surface area contributed by atoms with Gasteiger partial charge >= 0.3 is 0 Å². The lowest BCUT2D eigenvalue weighted by Crippen LogP contribution is -2.51. The summed E-state index contributed by atoms with van der Waals surface area (Å²) in [5.74, 6) is 5.16. The van der Waals surface area contributed by atoms with Crippen molar-refractivity contribution in [2.75, 3.05) is 6.61 Å². The minimum atomic E-state index is -1.02. The standard InChI is InChI=1S/C20H26BNO3/c1-4-5-6-7-15-8-10-16(11-9-15)12-13-18(23)17-14-25-20(2,3)22(17)19(21)24/h8-11,17-18,23H,4-7,14H2,1-3H3/t17-,18+/m1/s1. The van der Waals surface area contributed by atoms with Crippen LogP contribution < -0.4 is 0 Å². The van der Waals surface area contributed by atoms with Gasteiger partial charge in [0.15, 0.2) is 5.81 Å². The highest BCUT2D eigenvalue weighted by Gasteiger charge is 2.44. The molecule has 1 aliphatic rings. The number of carbonyl (C=O) groups excluding carboxylic acids is 1. The third kappa shape index (κ3) is 5.10. The SMILES string of the molecule is [B]C(=O)N1[C@@H]([C@@H](O)C#Cc2ccc(CCCCC)cc2)COC1(C)C. The van der Waals surface area contributed by atoms with E-state index in [2.05, 4.69) is 30.9 Å². The molecule has 4 nitrogen and oxygen atoms in total. The molecule has 132 valence electrons. The summed E-state index contributed by atoms with van der Waals surface area (Å²) in [5, 5.41) is 10.4. The molecule has 1 saturated heterocycles. The minimum Gasteiger partial charge on any atom is -0.378 e. The van der Waals surface area contributed by atoms with Gasteiger partial charge in [-0.05, 0) is 44.4 Å². The van der Waals surface area contributed by atoms with Gasteiger partial charge in [-0.1, -0.05) is 43.7 Å². The van der Waals surface area contributed by atoms with E-state index in [1.807, 2.05) is 12.1 Å². The molecule has 1 aliphatic heterocycles. The normalized spacial score (nSPS) is 20.0. The Labute approximate surface area is 152 Å². The molecule has 2 radical (unpaired) electrons. The van der Waals surface area contributed by atoms with E-state index < -0.39 is 23.7 Å². The van der Waals surface area contributed by atoms with Gasteiger partial charge in [-0.15, -0.1) is 0 Å². The molecule has 0 aromatic heterocycles. The van der Waals surface area contributed by atoms with Crippen molar-refractivity contribution in [1.82, 2.24) is 4.90 Å². The lowest BCUT2D eigenvalue weighted by molar-refractivity contribution is -0.0300. The van der Waals surface area contributed by atoms with Crippen molar-refractivity contribution < 1.29 is 14.6 Å². The number of benzene rings is 1. The van der Waals surface area contributed by atoms with Crippen LogP contribution in [0.2, 0.25) is 0 Å². The first-order valence-corrected chi connectivity index (χ1v) is 8.86. The first-order chi connectivity index (χ1) is 11.8. The lowest BCUT2D eigenvalue weighted by atomic mass is 10.0. The number of carbonyl (C=O) groups is 1. The van der Waals surface area contributed by atoms with Gasteiger partial charge in [0.25, 0.3) is 0 Å². The molecule has 0 unspecified atom stereocenters. The number of nitrogens with zero attached hydrogens (tertiary/aromatic N) is 1. The largest absolute Gasteiger partial charge is 0.378 e. The maximum absolute atomic E-state index is 11.7. The summed E-state index contributed by atoms with van der Waals surface area (Å²) in [7, 11) is 5.42. The van der Waals surface area contributed by atoms with Gasteiger partial charge in [-0.2, -0.15) is 0 Å². The fraction of sp³-hybridized carbons (Fsp3) is 0.550. The third-order valence-corrected chi connectivity index (χ3v) is 4.51. The van der Waals surface area contributed by atoms with Crippen LogP contribution in [0.1, 0.15) is 51.2 Å². The van der Waals surface area contributed by atoms with Gasteiger partial charge in [0, 0.05) is 5.56 Å². The first kappa shape index (κ1) is 19.6. The molecular weight excluding hydrogens is 313 g/mol. The third-order valence-electron chi connectivity index (χ3n) is 4.51. The van der Waals surface area contributed by atoms with Gasteiger partial charge in [0.1, 0.15) is 11.8 Å². The van der Waals surface area contributed by atoms with Crippen LogP contribution in [-0.4, -0.2) is 48.1 Å². The van der Waals surface area contributed by atoms with Gasteiger partial charge in [0.2, 0.25) is 7.85 Å². The van der Waals surface area contributed by atoms with E-state index in [1.165, 1.54) is 29.7 Å². The van der Waals surface area contributed by atoms with E-state index in [4.69, 9.17) is 12.6 Å². The Morgan fingerprint density at radius 1 is 1.40 bits per heavy atom. The van der Waals surface area contributed by atoms with Crippen molar-refractivity contribution in [3.8, 4) is 11.8 Å². The zero-order chi connectivity index (χ0) is 18.4. The van der Waals surface area contributed by atoms with E-state index in [0.717, 1.165) is 12.0 Å². The molecule has 0 spiro atoms. The number of rotatable bonds is 5. The average Bonchev–Trinajstić information content (AvgIpc) is 2.89. The van der Waals surface area contributed by atoms with Crippen molar-refractivity contribution in [2.45, 2.75) is 64.3 Å². The smallest absolute Gasteiger partial charge is 0.200 e. The molecule has 1 aromatic carbocycles. The van der Waals surface area contributed by atoms with E-state index in [1.54, 1.807) is 13.8 Å². The van der Waals surface area contributed by atoms with Gasteiger partial charge in [-0.3, -0.25) is 4.79 Å². The van der Waals surface area contributed by atoms with Crippen molar-refractivity contribution in [1.29, 1.82) is 0 Å². The number of hydrogen-bond acceptors (Lipinski definition) is 3. The molecule has 1 aromatic rings. The van der Waals surface area contributed by atoms with Gasteiger partial charge in [-0.25, -0.2) is 0 Å². The highest BCUT2D eigenvalue weighted by Crippen LogP contribution is 2.28. The molecule has 1 heterocycles. The van der Waals surface area contributed by atoms with E-state index >= 15 is 0 Å². The maximum atomic E-state index is 11.7. The molecule has 1 N–H and O–H groups in total. The second kappa shape index (κ2) is 8.55. The summed E-state index contributed by atoms with van der Waals surface area (Å²) < 4.78 is 5.56. The molecule has 25 heavy (non-hydrogen) atoms. The Morgan fingerprint density at radius 3 is 2.68 bits per heavy atom. The van der Waals surface area contributed by atoms with Crippen molar-refractivity contribution >= 4 is 13.7 Å². The number of aliphatic hydroxyl groups excluding tert-OH is 1. The molecule has 5 heteroatoms. The molecule has 0 aliphatic carbocycles. The molecule has 0 bridgehead atoms. The Kier molecular flexibility index (Phi) is 6.69. The number of ether oxygens (including phenoxy) is 1. The number of amides is 1. The van der Waals surface area contributed by atoms with E-state index in [0.29, 0.717) is 0 Å². The predicted molar refractivity (Wildman–Crippen MR) is 99.4 cm³/mol. The molecule has 2 rings (SSSR count). The summed E-state index contributed by atoms with van der Waals surface area (Å²) in [5.41, 5.74) is 1.30. The summed E-state index contributed by atoms with van der Waals surface area (Å²) in [6.45, 7) is 5.90. The Balaban J connectivity index is 2.01. The van der Waals surface area contributed by atoms with Crippen molar-refractivity contribution in [3.05, 3.63) is 35.4 Å². The Hall–Kier alpha value is -1.77. The van der Waals surface area contributed by atoms with Crippen LogP contribution in [0.4, 0.5) is 4.79 Å². The number of hydrogen-bond donors (Lipinski definition) is 1. The number of aliphatic hydroxyl groups is 1. The lowest BCUT2D eigenvalue weighted by Gasteiger charge is -2.34. The molecule has 1 amide bonds. The second-order valence-corrected chi connectivity index (χ2v) is 6.90.